The molecule has 1 saturated heterocycles. The van der Waals surface area contributed by atoms with E-state index in [1.807, 2.05) is 30.5 Å². The summed E-state index contributed by atoms with van der Waals surface area (Å²) in [5.74, 6) is 2.63. The number of anilines is 3. The highest BCUT2D eigenvalue weighted by Crippen LogP contribution is 2.22. The lowest BCUT2D eigenvalue weighted by Crippen LogP contribution is -2.47. The van der Waals surface area contributed by atoms with Gasteiger partial charge in [0.25, 0.3) is 0 Å². The number of benzene rings is 2. The molecule has 0 radical (unpaired) electrons. The summed E-state index contributed by atoms with van der Waals surface area (Å²) in [6.07, 6.45) is 1.86. The summed E-state index contributed by atoms with van der Waals surface area (Å²) < 4.78 is 5.25. The van der Waals surface area contributed by atoms with Crippen LogP contribution in [0.5, 0.6) is 5.75 Å². The summed E-state index contributed by atoms with van der Waals surface area (Å²) >= 11 is 0. The van der Waals surface area contributed by atoms with Crippen LogP contribution in [0.4, 0.5) is 17.5 Å². The molecule has 6 heteroatoms. The van der Waals surface area contributed by atoms with Crippen molar-refractivity contribution in [2.45, 2.75) is 6.54 Å². The molecule has 29 heavy (non-hydrogen) atoms. The lowest BCUT2D eigenvalue weighted by atomic mass is 10.2. The molecule has 1 fully saturated rings. The molecule has 3 aromatic rings. The second-order valence-corrected chi connectivity index (χ2v) is 7.23. The number of nitrogens with zero attached hydrogens (tertiary/aromatic N) is 5. The Balaban J connectivity index is 1.39. The third kappa shape index (κ3) is 4.59. The van der Waals surface area contributed by atoms with Crippen molar-refractivity contribution in [1.82, 2.24) is 9.97 Å². The summed E-state index contributed by atoms with van der Waals surface area (Å²) in [6, 6.07) is 20.7. The summed E-state index contributed by atoms with van der Waals surface area (Å²) in [7, 11) is 3.76. The van der Waals surface area contributed by atoms with E-state index in [9.17, 15) is 0 Å². The molecule has 0 amide bonds. The monoisotopic (exact) mass is 389 g/mol. The van der Waals surface area contributed by atoms with Crippen molar-refractivity contribution in [1.29, 1.82) is 0 Å². The third-order valence-corrected chi connectivity index (χ3v) is 5.28. The molecule has 0 bridgehead atoms. The number of hydrogen-bond donors (Lipinski definition) is 0. The Labute approximate surface area is 172 Å². The van der Waals surface area contributed by atoms with Crippen molar-refractivity contribution < 1.29 is 4.74 Å². The molecule has 1 aromatic heterocycles. The standard InChI is InChI=1S/C23H27N5O/c1-26(18-19-6-4-3-5-7-19)22-12-13-24-23(25-22)28-16-14-27(15-17-28)20-8-10-21(29-2)11-9-20/h3-13H,14-18H2,1-2H3. The minimum absolute atomic E-state index is 0.803. The number of aromatic nitrogens is 2. The first-order valence-electron chi connectivity index (χ1n) is 9.95. The van der Waals surface area contributed by atoms with E-state index in [-0.39, 0.29) is 0 Å². The van der Waals surface area contributed by atoms with Crippen LogP contribution in [0.1, 0.15) is 5.56 Å². The molecular weight excluding hydrogens is 362 g/mol. The minimum atomic E-state index is 0.803. The highest BCUT2D eigenvalue weighted by atomic mass is 16.5. The Bertz CT molecular complexity index is 908. The Hall–Kier alpha value is -3.28. The molecular formula is C23H27N5O. The van der Waals surface area contributed by atoms with Gasteiger partial charge in [-0.2, -0.15) is 4.98 Å². The van der Waals surface area contributed by atoms with Crippen LogP contribution < -0.4 is 19.4 Å². The molecule has 0 atom stereocenters. The summed E-state index contributed by atoms with van der Waals surface area (Å²) in [4.78, 5) is 16.2. The second kappa shape index (κ2) is 8.82. The molecule has 4 rings (SSSR count). The summed E-state index contributed by atoms with van der Waals surface area (Å²) in [5, 5.41) is 0. The Morgan fingerprint density at radius 2 is 1.59 bits per heavy atom. The van der Waals surface area contributed by atoms with E-state index in [0.29, 0.717) is 0 Å². The largest absolute Gasteiger partial charge is 0.497 e. The molecule has 2 aromatic carbocycles. The van der Waals surface area contributed by atoms with E-state index in [1.165, 1.54) is 11.3 Å². The van der Waals surface area contributed by atoms with Gasteiger partial charge < -0.3 is 19.4 Å². The fourth-order valence-corrected chi connectivity index (χ4v) is 3.60. The van der Waals surface area contributed by atoms with E-state index >= 15 is 0 Å². The van der Waals surface area contributed by atoms with Crippen LogP contribution in [0.25, 0.3) is 0 Å². The number of ether oxygens (including phenoxy) is 1. The molecule has 0 N–H and O–H groups in total. The fraction of sp³-hybridized carbons (Fsp3) is 0.304. The SMILES string of the molecule is COc1ccc(N2CCN(c3nccc(N(C)Cc4ccccc4)n3)CC2)cc1. The van der Waals surface area contributed by atoms with Crippen LogP contribution in [0, 0.1) is 0 Å². The highest BCUT2D eigenvalue weighted by Gasteiger charge is 2.20. The van der Waals surface area contributed by atoms with Crippen LogP contribution in [-0.4, -0.2) is 50.3 Å². The van der Waals surface area contributed by atoms with Gasteiger partial charge in [0.1, 0.15) is 11.6 Å². The number of rotatable bonds is 6. The Kier molecular flexibility index (Phi) is 5.79. The number of methoxy groups -OCH3 is 1. The van der Waals surface area contributed by atoms with Crippen LogP contribution in [0.2, 0.25) is 0 Å². The molecule has 150 valence electrons. The lowest BCUT2D eigenvalue weighted by Gasteiger charge is -2.36. The van der Waals surface area contributed by atoms with Gasteiger partial charge >= 0.3 is 0 Å². The fourth-order valence-electron chi connectivity index (χ4n) is 3.60. The van der Waals surface area contributed by atoms with Crippen LogP contribution in [-0.2, 0) is 6.54 Å². The molecule has 0 spiro atoms. The number of piperazine rings is 1. The number of hydrogen-bond acceptors (Lipinski definition) is 6. The zero-order chi connectivity index (χ0) is 20.1. The van der Waals surface area contributed by atoms with Crippen molar-refractivity contribution in [3.63, 3.8) is 0 Å². The van der Waals surface area contributed by atoms with Gasteiger partial charge in [-0.1, -0.05) is 30.3 Å². The average Bonchev–Trinajstić information content (AvgIpc) is 2.80. The van der Waals surface area contributed by atoms with Crippen molar-refractivity contribution in [2.75, 3.05) is 55.0 Å². The molecule has 6 nitrogen and oxygen atoms in total. The van der Waals surface area contributed by atoms with E-state index in [2.05, 4.69) is 63.1 Å². The first-order chi connectivity index (χ1) is 14.2. The Morgan fingerprint density at radius 1 is 0.897 bits per heavy atom. The van der Waals surface area contributed by atoms with Gasteiger partial charge in [0.05, 0.1) is 7.11 Å². The maximum absolute atomic E-state index is 5.25. The molecule has 2 heterocycles. The normalized spacial score (nSPS) is 14.0. The average molecular weight is 390 g/mol. The molecule has 0 saturated carbocycles. The van der Waals surface area contributed by atoms with Gasteiger partial charge in [0.2, 0.25) is 5.95 Å². The van der Waals surface area contributed by atoms with Crippen LogP contribution >= 0.6 is 0 Å². The van der Waals surface area contributed by atoms with Crippen molar-refractivity contribution in [2.24, 2.45) is 0 Å². The maximum atomic E-state index is 5.25. The quantitative estimate of drug-likeness (QED) is 0.643. The zero-order valence-corrected chi connectivity index (χ0v) is 17.0. The first-order valence-corrected chi connectivity index (χ1v) is 9.95. The smallest absolute Gasteiger partial charge is 0.227 e. The minimum Gasteiger partial charge on any atom is -0.497 e. The molecule has 1 aliphatic heterocycles. The molecule has 0 unspecified atom stereocenters. The van der Waals surface area contributed by atoms with Gasteiger partial charge in [0, 0.05) is 51.7 Å². The zero-order valence-electron chi connectivity index (χ0n) is 17.0. The van der Waals surface area contributed by atoms with Gasteiger partial charge in [-0.05, 0) is 35.9 Å². The van der Waals surface area contributed by atoms with Gasteiger partial charge in [-0.3, -0.25) is 0 Å². The van der Waals surface area contributed by atoms with Crippen molar-refractivity contribution in [3.05, 3.63) is 72.4 Å². The third-order valence-electron chi connectivity index (χ3n) is 5.28. The Morgan fingerprint density at radius 3 is 2.28 bits per heavy atom. The summed E-state index contributed by atoms with van der Waals surface area (Å²) in [6.45, 7) is 4.51. The van der Waals surface area contributed by atoms with Gasteiger partial charge in [-0.25, -0.2) is 4.98 Å². The first kappa shape index (κ1) is 19.1. The predicted molar refractivity (Wildman–Crippen MR) is 118 cm³/mol. The topological polar surface area (TPSA) is 44.7 Å². The summed E-state index contributed by atoms with van der Waals surface area (Å²) in [5.41, 5.74) is 2.49. The van der Waals surface area contributed by atoms with E-state index in [4.69, 9.17) is 9.72 Å². The van der Waals surface area contributed by atoms with Crippen molar-refractivity contribution in [3.8, 4) is 5.75 Å². The van der Waals surface area contributed by atoms with E-state index in [1.54, 1.807) is 7.11 Å². The lowest BCUT2D eigenvalue weighted by molar-refractivity contribution is 0.415. The van der Waals surface area contributed by atoms with E-state index < -0.39 is 0 Å². The highest BCUT2D eigenvalue weighted by molar-refractivity contribution is 5.51. The molecule has 1 aliphatic rings. The van der Waals surface area contributed by atoms with Crippen LogP contribution in [0.3, 0.4) is 0 Å². The van der Waals surface area contributed by atoms with E-state index in [0.717, 1.165) is 50.2 Å². The second-order valence-electron chi connectivity index (χ2n) is 7.23. The van der Waals surface area contributed by atoms with Gasteiger partial charge in [0.15, 0.2) is 0 Å². The van der Waals surface area contributed by atoms with Gasteiger partial charge in [-0.15, -0.1) is 0 Å². The molecule has 0 aliphatic carbocycles. The predicted octanol–water partition coefficient (Wildman–Crippen LogP) is 3.45. The maximum Gasteiger partial charge on any atom is 0.227 e. The van der Waals surface area contributed by atoms with Crippen molar-refractivity contribution >= 4 is 17.5 Å². The van der Waals surface area contributed by atoms with Crippen LogP contribution in [0.15, 0.2) is 66.9 Å².